The number of aromatic hydroxyl groups is 1. The van der Waals surface area contributed by atoms with Crippen LogP contribution >= 0.6 is 0 Å². The molecule has 1 aromatic heterocycles. The van der Waals surface area contributed by atoms with Gasteiger partial charge >= 0.3 is 6.03 Å². The standard InChI is InChI=1S/C31H26N4O2/c36-26-18-10-15-22-19-20-25(33-27(22)26)30-34-28(21-11-4-1-5-12-21)29(23-13-6-2-7-14-23)35(30)31(37)32-24-16-8-3-9-17-24/h1-20,28-30,34,36H,(H,32,37)/t28-,29-,30+/m1/s1. The molecule has 3 N–H and O–H groups in total. The number of carbonyl (C=O) groups is 1. The molecular formula is C31H26N4O2. The van der Waals surface area contributed by atoms with Crippen molar-refractivity contribution in [2.45, 2.75) is 18.2 Å². The Morgan fingerprint density at radius 2 is 1.41 bits per heavy atom. The summed E-state index contributed by atoms with van der Waals surface area (Å²) in [6.07, 6.45) is -0.539. The third-order valence-corrected chi connectivity index (χ3v) is 6.79. The molecule has 2 amide bonds. The second kappa shape index (κ2) is 9.76. The molecule has 6 nitrogen and oxygen atoms in total. The van der Waals surface area contributed by atoms with Crippen LogP contribution in [-0.4, -0.2) is 21.0 Å². The second-order valence-electron chi connectivity index (χ2n) is 9.10. The van der Waals surface area contributed by atoms with Crippen LogP contribution in [0.1, 0.15) is 35.1 Å². The molecule has 0 unspecified atom stereocenters. The van der Waals surface area contributed by atoms with Gasteiger partial charge in [-0.15, -0.1) is 0 Å². The zero-order chi connectivity index (χ0) is 25.2. The summed E-state index contributed by atoms with van der Waals surface area (Å²) in [5.74, 6) is 0.108. The van der Waals surface area contributed by atoms with E-state index < -0.39 is 6.17 Å². The molecule has 1 aliphatic rings. The minimum atomic E-state index is -0.539. The Morgan fingerprint density at radius 3 is 2.11 bits per heavy atom. The van der Waals surface area contributed by atoms with Gasteiger partial charge in [0, 0.05) is 11.1 Å². The van der Waals surface area contributed by atoms with E-state index in [2.05, 4.69) is 22.8 Å². The van der Waals surface area contributed by atoms with Crippen LogP contribution in [0.5, 0.6) is 5.75 Å². The maximum Gasteiger partial charge on any atom is 0.324 e. The van der Waals surface area contributed by atoms with Crippen molar-refractivity contribution in [3.05, 3.63) is 138 Å². The number of amides is 2. The molecule has 2 heterocycles. The lowest BCUT2D eigenvalue weighted by molar-refractivity contribution is 0.181. The molecule has 1 saturated heterocycles. The number of anilines is 1. The predicted molar refractivity (Wildman–Crippen MR) is 145 cm³/mol. The number of phenolic OH excluding ortho intramolecular Hbond substituents is 1. The molecule has 3 atom stereocenters. The number of carbonyl (C=O) groups excluding carboxylic acids is 1. The van der Waals surface area contributed by atoms with Crippen LogP contribution in [0.4, 0.5) is 10.5 Å². The van der Waals surface area contributed by atoms with Gasteiger partial charge in [-0.25, -0.2) is 9.78 Å². The smallest absolute Gasteiger partial charge is 0.324 e. The highest BCUT2D eigenvalue weighted by molar-refractivity contribution is 5.90. The van der Waals surface area contributed by atoms with Gasteiger partial charge < -0.3 is 10.4 Å². The molecule has 0 radical (unpaired) electrons. The monoisotopic (exact) mass is 486 g/mol. The maximum absolute atomic E-state index is 14.0. The molecule has 1 aliphatic heterocycles. The van der Waals surface area contributed by atoms with Crippen molar-refractivity contribution in [2.24, 2.45) is 0 Å². The van der Waals surface area contributed by atoms with Crippen LogP contribution < -0.4 is 10.6 Å². The SMILES string of the molecule is O=C(Nc1ccccc1)N1[C@@H](c2ccc3cccc(O)c3n2)N[C@H](c2ccccc2)[C@H]1c1ccccc1. The fourth-order valence-corrected chi connectivity index (χ4v) is 5.08. The Hall–Kier alpha value is -4.68. The van der Waals surface area contributed by atoms with E-state index in [0.29, 0.717) is 16.9 Å². The van der Waals surface area contributed by atoms with Crippen molar-refractivity contribution in [3.63, 3.8) is 0 Å². The highest BCUT2D eigenvalue weighted by Gasteiger charge is 2.46. The number of benzene rings is 4. The Bertz CT molecular complexity index is 1530. The molecule has 6 heteroatoms. The van der Waals surface area contributed by atoms with E-state index in [4.69, 9.17) is 4.98 Å². The van der Waals surface area contributed by atoms with Gasteiger partial charge in [0.2, 0.25) is 0 Å². The topological polar surface area (TPSA) is 77.5 Å². The second-order valence-corrected chi connectivity index (χ2v) is 9.10. The fraction of sp³-hybridized carbons (Fsp3) is 0.0968. The Morgan fingerprint density at radius 1 is 0.757 bits per heavy atom. The number of para-hydroxylation sites is 2. The van der Waals surface area contributed by atoms with Crippen molar-refractivity contribution in [1.29, 1.82) is 0 Å². The molecule has 6 rings (SSSR count). The van der Waals surface area contributed by atoms with Gasteiger partial charge in [-0.1, -0.05) is 97.1 Å². The summed E-state index contributed by atoms with van der Waals surface area (Å²) < 4.78 is 0. The Labute approximate surface area is 215 Å². The van der Waals surface area contributed by atoms with Crippen molar-refractivity contribution in [1.82, 2.24) is 15.2 Å². The quantitative estimate of drug-likeness (QED) is 0.269. The van der Waals surface area contributed by atoms with Gasteiger partial charge in [0.1, 0.15) is 17.4 Å². The van der Waals surface area contributed by atoms with Crippen LogP contribution in [-0.2, 0) is 0 Å². The van der Waals surface area contributed by atoms with Crippen LogP contribution in [0.3, 0.4) is 0 Å². The Kier molecular flexibility index (Phi) is 6.00. The average Bonchev–Trinajstić information content (AvgIpc) is 3.36. The zero-order valence-electron chi connectivity index (χ0n) is 20.0. The lowest BCUT2D eigenvalue weighted by Gasteiger charge is -2.31. The molecule has 0 aliphatic carbocycles. The maximum atomic E-state index is 14.0. The highest BCUT2D eigenvalue weighted by Crippen LogP contribution is 2.46. The van der Waals surface area contributed by atoms with E-state index in [1.54, 1.807) is 12.1 Å². The molecular weight excluding hydrogens is 460 g/mol. The summed E-state index contributed by atoms with van der Waals surface area (Å²) in [5, 5.41) is 18.1. The van der Waals surface area contributed by atoms with Gasteiger partial charge in [-0.05, 0) is 35.4 Å². The normalized spacial score (nSPS) is 19.1. The van der Waals surface area contributed by atoms with Gasteiger partial charge in [0.25, 0.3) is 0 Å². The van der Waals surface area contributed by atoms with Crippen molar-refractivity contribution in [2.75, 3.05) is 5.32 Å². The third kappa shape index (κ3) is 4.39. The molecule has 0 saturated carbocycles. The lowest BCUT2D eigenvalue weighted by atomic mass is 9.94. The van der Waals surface area contributed by atoms with Crippen LogP contribution in [0, 0.1) is 0 Å². The minimum Gasteiger partial charge on any atom is -0.506 e. The highest BCUT2D eigenvalue weighted by atomic mass is 16.3. The molecule has 1 fully saturated rings. The van der Waals surface area contributed by atoms with Gasteiger partial charge in [-0.2, -0.15) is 0 Å². The number of hydrogen-bond donors (Lipinski definition) is 3. The summed E-state index contributed by atoms with van der Waals surface area (Å²) in [6, 6.07) is 38.1. The molecule has 37 heavy (non-hydrogen) atoms. The first-order chi connectivity index (χ1) is 18.2. The zero-order valence-corrected chi connectivity index (χ0v) is 20.0. The van der Waals surface area contributed by atoms with E-state index in [9.17, 15) is 9.90 Å². The first-order valence-electron chi connectivity index (χ1n) is 12.3. The molecule has 182 valence electrons. The molecule has 0 spiro atoms. The Balaban J connectivity index is 1.50. The lowest BCUT2D eigenvalue weighted by Crippen LogP contribution is -2.38. The summed E-state index contributed by atoms with van der Waals surface area (Å²) in [5.41, 5.74) is 3.95. The van der Waals surface area contributed by atoms with E-state index in [1.165, 1.54) is 0 Å². The van der Waals surface area contributed by atoms with Crippen molar-refractivity contribution < 1.29 is 9.90 Å². The number of nitrogens with zero attached hydrogens (tertiary/aromatic N) is 2. The van der Waals surface area contributed by atoms with E-state index in [1.807, 2.05) is 102 Å². The number of fused-ring (bicyclic) bond motifs is 1. The van der Waals surface area contributed by atoms with Crippen LogP contribution in [0.25, 0.3) is 10.9 Å². The first kappa shape index (κ1) is 22.8. The molecule has 4 aromatic carbocycles. The molecule has 5 aromatic rings. The summed E-state index contributed by atoms with van der Waals surface area (Å²) in [6.45, 7) is 0. The predicted octanol–water partition coefficient (Wildman–Crippen LogP) is 6.56. The van der Waals surface area contributed by atoms with Gasteiger partial charge in [0.15, 0.2) is 0 Å². The summed E-state index contributed by atoms with van der Waals surface area (Å²) in [4.78, 5) is 20.6. The number of hydrogen-bond acceptors (Lipinski definition) is 4. The van der Waals surface area contributed by atoms with Gasteiger partial charge in [0.05, 0.1) is 17.8 Å². The summed E-state index contributed by atoms with van der Waals surface area (Å²) in [7, 11) is 0. The van der Waals surface area contributed by atoms with Crippen LogP contribution in [0.15, 0.2) is 121 Å². The summed E-state index contributed by atoms with van der Waals surface area (Å²) >= 11 is 0. The largest absolute Gasteiger partial charge is 0.506 e. The van der Waals surface area contributed by atoms with Crippen molar-refractivity contribution >= 4 is 22.6 Å². The fourth-order valence-electron chi connectivity index (χ4n) is 5.08. The van der Waals surface area contributed by atoms with Crippen LogP contribution in [0.2, 0.25) is 0 Å². The van der Waals surface area contributed by atoms with Crippen molar-refractivity contribution in [3.8, 4) is 5.75 Å². The number of nitrogens with one attached hydrogen (secondary N) is 2. The average molecular weight is 487 g/mol. The number of phenols is 1. The van der Waals surface area contributed by atoms with E-state index in [-0.39, 0.29) is 23.9 Å². The first-order valence-corrected chi connectivity index (χ1v) is 12.3. The molecule has 0 bridgehead atoms. The van der Waals surface area contributed by atoms with E-state index >= 15 is 0 Å². The van der Waals surface area contributed by atoms with E-state index in [0.717, 1.165) is 16.5 Å². The number of aromatic nitrogens is 1. The number of urea groups is 1. The third-order valence-electron chi connectivity index (χ3n) is 6.79. The number of rotatable bonds is 4. The minimum absolute atomic E-state index is 0.108. The number of pyridine rings is 1. The van der Waals surface area contributed by atoms with Gasteiger partial charge in [-0.3, -0.25) is 10.2 Å².